The molecule has 50 valence electrons. The van der Waals surface area contributed by atoms with Gasteiger partial charge in [-0.25, -0.2) is 0 Å². The molecule has 3 nitrogen and oxygen atoms in total. The molecule has 0 aliphatic heterocycles. The molecule has 0 N–H and O–H groups in total. The van der Waals surface area contributed by atoms with Crippen LogP contribution in [0.5, 0.6) is 0 Å². The summed E-state index contributed by atoms with van der Waals surface area (Å²) in [6.45, 7) is 7.30. The predicted molar refractivity (Wildman–Crippen MR) is 33.6 cm³/mol. The van der Waals surface area contributed by atoms with Gasteiger partial charge in [-0.1, -0.05) is 6.58 Å². The molecular weight excluding hydrogens is 118 g/mol. The first-order valence-electron chi connectivity index (χ1n) is 2.47. The lowest BCUT2D eigenvalue weighted by atomic mass is 10.7. The van der Waals surface area contributed by atoms with E-state index in [1.807, 2.05) is 0 Å². The minimum atomic E-state index is 0.347. The average Bonchev–Trinajstić information content (AvgIpc) is 1.91. The fourth-order valence-corrected chi connectivity index (χ4v) is 0.304. The Kier molecular flexibility index (Phi) is 4.22. The van der Waals surface area contributed by atoms with Gasteiger partial charge in [0.1, 0.15) is 0 Å². The second kappa shape index (κ2) is 4.90. The quantitative estimate of drug-likeness (QED) is 0.181. The summed E-state index contributed by atoms with van der Waals surface area (Å²) in [5.41, 5.74) is 0. The monoisotopic (exact) mass is 127 g/mol. The summed E-state index contributed by atoms with van der Waals surface area (Å²) in [5.74, 6) is 0. The van der Waals surface area contributed by atoms with Gasteiger partial charge in [0, 0.05) is 6.54 Å². The topological polar surface area (TPSA) is 29.3 Å². The Morgan fingerprint density at radius 3 is 2.78 bits per heavy atom. The molecule has 0 aliphatic rings. The summed E-state index contributed by atoms with van der Waals surface area (Å²) >= 11 is 0. The second-order valence-electron chi connectivity index (χ2n) is 1.23. The minimum Gasteiger partial charge on any atom is -0.443 e. The van der Waals surface area contributed by atoms with Crippen LogP contribution in [0.1, 0.15) is 6.92 Å². The van der Waals surface area contributed by atoms with Crippen LogP contribution in [0.2, 0.25) is 0 Å². The molecule has 0 spiro atoms. The molecule has 0 fully saturated rings. The number of hydrogen-bond acceptors (Lipinski definition) is 2. The summed E-state index contributed by atoms with van der Waals surface area (Å²) < 4.78 is 5.82. The van der Waals surface area contributed by atoms with Gasteiger partial charge in [0.15, 0.2) is 0 Å². The van der Waals surface area contributed by atoms with Crippen molar-refractivity contribution < 1.29 is 14.1 Å². The van der Waals surface area contributed by atoms with Crippen LogP contribution in [0.4, 0.5) is 0 Å². The number of rotatable bonds is 4. The molecule has 0 bridgehead atoms. The highest BCUT2D eigenvalue weighted by molar-refractivity contribution is 5.56. The van der Waals surface area contributed by atoms with Crippen LogP contribution >= 0.6 is 0 Å². The largest absolute Gasteiger partial charge is 0.443 e. The maximum absolute atomic E-state index is 9.61. The van der Waals surface area contributed by atoms with E-state index in [2.05, 4.69) is 11.3 Å². The van der Waals surface area contributed by atoms with Crippen LogP contribution in [0.3, 0.4) is 0 Å². The number of carbonyl (C=O) groups is 1. The highest BCUT2D eigenvalue weighted by Gasteiger charge is 1.80. The van der Waals surface area contributed by atoms with Gasteiger partial charge in [0.05, 0.1) is 6.20 Å². The van der Waals surface area contributed by atoms with Crippen LogP contribution in [-0.2, 0) is 9.53 Å². The minimum absolute atomic E-state index is 0.347. The van der Waals surface area contributed by atoms with E-state index in [-0.39, 0.29) is 0 Å². The molecule has 0 rings (SSSR count). The number of hydrogen-bond donors (Lipinski definition) is 0. The highest BCUT2D eigenvalue weighted by atomic mass is 16.5. The Bertz CT molecular complexity index is 129. The van der Waals surface area contributed by atoms with Gasteiger partial charge in [0.25, 0.3) is 6.47 Å². The molecule has 3 heteroatoms. The zero-order valence-corrected chi connectivity index (χ0v) is 5.28. The molecule has 0 saturated heterocycles. The molecule has 0 aliphatic carbocycles. The van der Waals surface area contributed by atoms with Gasteiger partial charge >= 0.3 is 0 Å². The van der Waals surface area contributed by atoms with E-state index in [4.69, 9.17) is 0 Å². The lowest BCUT2D eigenvalue weighted by Gasteiger charge is -1.96. The Morgan fingerprint density at radius 2 is 2.44 bits per heavy atom. The lowest BCUT2D eigenvalue weighted by molar-refractivity contribution is -0.412. The second-order valence-corrected chi connectivity index (χ2v) is 1.23. The van der Waals surface area contributed by atoms with E-state index in [0.717, 1.165) is 0 Å². The maximum Gasteiger partial charge on any atom is 0.290 e. The Balaban J connectivity index is 3.74. The van der Waals surface area contributed by atoms with Crippen LogP contribution in [0.25, 0.3) is 0 Å². The molecule has 0 aromatic heterocycles. The molecule has 0 aromatic rings. The first-order valence-corrected chi connectivity index (χ1v) is 2.47. The fourth-order valence-electron chi connectivity index (χ4n) is 0.304. The molecule has 0 aromatic carbocycles. The van der Waals surface area contributed by atoms with Crippen LogP contribution in [-0.4, -0.2) is 17.4 Å². The van der Waals surface area contributed by atoms with Crippen molar-refractivity contribution in [1.82, 2.24) is 0 Å². The SMILES string of the molecule is C=C[N+](=COC=O)[CH-]C. The Hall–Kier alpha value is -1.25. The van der Waals surface area contributed by atoms with Gasteiger partial charge < -0.3 is 9.31 Å². The van der Waals surface area contributed by atoms with Crippen molar-refractivity contribution >= 4 is 12.9 Å². The lowest BCUT2D eigenvalue weighted by Crippen LogP contribution is -2.01. The van der Waals surface area contributed by atoms with Gasteiger partial charge in [-0.3, -0.25) is 4.79 Å². The molecule has 0 unspecified atom stereocenters. The van der Waals surface area contributed by atoms with E-state index in [0.29, 0.717) is 6.47 Å². The number of ether oxygens (including phenoxy) is 1. The van der Waals surface area contributed by atoms with Gasteiger partial charge in [-0.2, -0.15) is 0 Å². The Labute approximate surface area is 54.3 Å². The Morgan fingerprint density at radius 1 is 1.78 bits per heavy atom. The molecule has 0 saturated carbocycles. The third-order valence-corrected chi connectivity index (χ3v) is 0.747. The van der Waals surface area contributed by atoms with Gasteiger partial charge in [-0.05, 0) is 6.92 Å². The first kappa shape index (κ1) is 7.75. The summed E-state index contributed by atoms with van der Waals surface area (Å²) in [5, 5.41) is 0. The molecule has 0 atom stereocenters. The maximum atomic E-state index is 9.61. The zero-order chi connectivity index (χ0) is 7.11. The van der Waals surface area contributed by atoms with Gasteiger partial charge in [-0.15, -0.1) is 0 Å². The fraction of sp³-hybridized carbons (Fsp3) is 0.167. The van der Waals surface area contributed by atoms with E-state index < -0.39 is 0 Å². The van der Waals surface area contributed by atoms with E-state index in [1.54, 1.807) is 13.5 Å². The smallest absolute Gasteiger partial charge is 0.290 e. The van der Waals surface area contributed by atoms with Crippen molar-refractivity contribution in [3.8, 4) is 0 Å². The summed E-state index contributed by atoms with van der Waals surface area (Å²) in [7, 11) is 0. The molecule has 0 amide bonds. The summed E-state index contributed by atoms with van der Waals surface area (Å²) in [4.78, 5) is 9.61. The van der Waals surface area contributed by atoms with E-state index in [1.165, 1.54) is 17.2 Å². The molecular formula is C6H9NO2. The van der Waals surface area contributed by atoms with Crippen molar-refractivity contribution in [2.75, 3.05) is 0 Å². The van der Waals surface area contributed by atoms with Crippen molar-refractivity contribution in [3.05, 3.63) is 19.3 Å². The van der Waals surface area contributed by atoms with Crippen molar-refractivity contribution in [1.29, 1.82) is 0 Å². The number of carbonyl (C=O) groups excluding carboxylic acids is 1. The predicted octanol–water partition coefficient (Wildman–Crippen LogP) is 0.525. The normalized spacial score (nSPS) is 10.1. The van der Waals surface area contributed by atoms with Crippen molar-refractivity contribution in [3.63, 3.8) is 0 Å². The van der Waals surface area contributed by atoms with Gasteiger partial charge in [0.2, 0.25) is 6.40 Å². The van der Waals surface area contributed by atoms with Crippen LogP contribution in [0.15, 0.2) is 12.8 Å². The first-order chi connectivity index (χ1) is 4.35. The van der Waals surface area contributed by atoms with Crippen molar-refractivity contribution in [2.24, 2.45) is 0 Å². The van der Waals surface area contributed by atoms with Crippen LogP contribution in [0, 0.1) is 6.54 Å². The summed E-state index contributed by atoms with van der Waals surface area (Å²) in [6.07, 6.45) is 2.77. The third kappa shape index (κ3) is 3.34. The zero-order valence-electron chi connectivity index (χ0n) is 5.28. The number of nitrogens with zero attached hydrogens (tertiary/aromatic N) is 1. The summed E-state index contributed by atoms with van der Waals surface area (Å²) in [6, 6.07) is 0. The highest BCUT2D eigenvalue weighted by Crippen LogP contribution is 1.77. The molecule has 9 heavy (non-hydrogen) atoms. The molecule has 0 radical (unpaired) electrons. The molecule has 0 heterocycles. The standard InChI is InChI=1S/C6H9NO2/c1-3-7(4-2)5-9-6-8/h3-6H,1H2,2H3. The average molecular weight is 127 g/mol. The van der Waals surface area contributed by atoms with E-state index >= 15 is 0 Å². The van der Waals surface area contributed by atoms with Crippen molar-refractivity contribution in [2.45, 2.75) is 6.92 Å². The third-order valence-electron chi connectivity index (χ3n) is 0.747. The van der Waals surface area contributed by atoms with E-state index in [9.17, 15) is 4.79 Å². The van der Waals surface area contributed by atoms with Crippen LogP contribution < -0.4 is 0 Å².